The minimum absolute atomic E-state index is 0.0663. The van der Waals surface area contributed by atoms with E-state index in [4.69, 9.17) is 5.73 Å². The van der Waals surface area contributed by atoms with Gasteiger partial charge in [-0.3, -0.25) is 0 Å². The zero-order valence-corrected chi connectivity index (χ0v) is 13.3. The van der Waals surface area contributed by atoms with Crippen LogP contribution in [0.25, 0.3) is 0 Å². The van der Waals surface area contributed by atoms with Gasteiger partial charge in [0.1, 0.15) is 0 Å². The van der Waals surface area contributed by atoms with Crippen LogP contribution in [0.1, 0.15) is 30.0 Å². The summed E-state index contributed by atoms with van der Waals surface area (Å²) in [5.41, 5.74) is 6.65. The van der Waals surface area contributed by atoms with E-state index in [0.29, 0.717) is 26.1 Å². The van der Waals surface area contributed by atoms with Crippen LogP contribution in [0.3, 0.4) is 0 Å². The van der Waals surface area contributed by atoms with Gasteiger partial charge in [-0.05, 0) is 19.8 Å². The summed E-state index contributed by atoms with van der Waals surface area (Å²) < 4.78 is 28.8. The van der Waals surface area contributed by atoms with Crippen molar-refractivity contribution in [1.29, 1.82) is 0 Å². The molecular weight excluding hydrogens is 296 g/mol. The monoisotopic (exact) mass is 318 g/mol. The molecule has 0 bridgehead atoms. The molecule has 1 aliphatic heterocycles. The average Bonchev–Trinajstić information content (AvgIpc) is 2.84. The number of nitrogens with two attached hydrogens (primary N) is 1. The molecule has 1 unspecified atom stereocenters. The van der Waals surface area contributed by atoms with Crippen molar-refractivity contribution in [3.63, 3.8) is 0 Å². The molecule has 0 amide bonds. The average molecular weight is 318 g/mol. The molecule has 1 aromatic heterocycles. The highest BCUT2D eigenvalue weighted by Crippen LogP contribution is 2.19. The lowest BCUT2D eigenvalue weighted by molar-refractivity contribution is 0.254. The second kappa shape index (κ2) is 6.95. The third-order valence-electron chi connectivity index (χ3n) is 3.44. The second-order valence-corrected chi connectivity index (χ2v) is 7.68. The molecule has 6 nitrogen and oxygen atoms in total. The summed E-state index contributed by atoms with van der Waals surface area (Å²) in [7, 11) is -3.43. The van der Waals surface area contributed by atoms with Crippen molar-refractivity contribution in [2.24, 2.45) is 5.73 Å². The number of aromatic nitrogens is 1. The summed E-state index contributed by atoms with van der Waals surface area (Å²) in [5, 5.41) is 2.93. The quantitative estimate of drug-likeness (QED) is 0.806. The molecule has 2 rings (SSSR count). The van der Waals surface area contributed by atoms with Gasteiger partial charge in [-0.25, -0.2) is 9.71 Å². The van der Waals surface area contributed by atoms with Crippen LogP contribution in [0.5, 0.6) is 0 Å². The van der Waals surface area contributed by atoms with Crippen LogP contribution in [0.15, 0.2) is 5.38 Å². The molecule has 1 fully saturated rings. The fraction of sp³-hybridized carbons (Fsp3) is 0.750. The Balaban J connectivity index is 1.89. The molecule has 0 saturated carbocycles. The number of hydrogen-bond acceptors (Lipinski definition) is 5. The van der Waals surface area contributed by atoms with E-state index in [1.807, 2.05) is 12.3 Å². The van der Waals surface area contributed by atoms with Gasteiger partial charge in [-0.1, -0.05) is 6.42 Å². The molecule has 0 aliphatic carbocycles. The van der Waals surface area contributed by atoms with Gasteiger partial charge in [0.25, 0.3) is 10.2 Å². The predicted molar refractivity (Wildman–Crippen MR) is 80.9 cm³/mol. The first-order valence-electron chi connectivity index (χ1n) is 6.90. The summed E-state index contributed by atoms with van der Waals surface area (Å²) in [5.74, 6) is 0. The Morgan fingerprint density at radius 1 is 1.55 bits per heavy atom. The van der Waals surface area contributed by atoms with E-state index in [9.17, 15) is 8.42 Å². The van der Waals surface area contributed by atoms with Crippen LogP contribution in [0, 0.1) is 6.92 Å². The summed E-state index contributed by atoms with van der Waals surface area (Å²) in [6, 6.07) is -0.0663. The standard InChI is InChI=1S/C12H22N4O2S2/c1-10-9-19-12(15-10)5-6-14-20(17,18)16-7-3-2-4-11(16)8-13/h9,11,14H,2-8,13H2,1H3. The zero-order chi connectivity index (χ0) is 14.6. The fourth-order valence-electron chi connectivity index (χ4n) is 2.41. The normalized spacial score (nSPS) is 21.2. The van der Waals surface area contributed by atoms with Crippen molar-refractivity contribution >= 4 is 21.5 Å². The predicted octanol–water partition coefficient (Wildman–Crippen LogP) is 0.642. The molecule has 1 atom stereocenters. The Bertz CT molecular complexity index is 529. The smallest absolute Gasteiger partial charge is 0.279 e. The van der Waals surface area contributed by atoms with Gasteiger partial charge in [0.2, 0.25) is 0 Å². The Labute approximate surface area is 124 Å². The van der Waals surface area contributed by atoms with Gasteiger partial charge < -0.3 is 5.73 Å². The topological polar surface area (TPSA) is 88.3 Å². The molecule has 0 radical (unpaired) electrons. The number of hydrogen-bond donors (Lipinski definition) is 2. The van der Waals surface area contributed by atoms with Crippen LogP contribution in [-0.4, -0.2) is 43.4 Å². The minimum atomic E-state index is -3.43. The van der Waals surface area contributed by atoms with Crippen molar-refractivity contribution < 1.29 is 8.42 Å². The lowest BCUT2D eigenvalue weighted by Crippen LogP contribution is -2.51. The molecular formula is C12H22N4O2S2. The van der Waals surface area contributed by atoms with E-state index in [1.54, 1.807) is 11.3 Å². The van der Waals surface area contributed by atoms with E-state index < -0.39 is 10.2 Å². The second-order valence-electron chi connectivity index (χ2n) is 5.03. The zero-order valence-electron chi connectivity index (χ0n) is 11.7. The van der Waals surface area contributed by atoms with E-state index >= 15 is 0 Å². The van der Waals surface area contributed by atoms with E-state index in [2.05, 4.69) is 9.71 Å². The molecule has 114 valence electrons. The van der Waals surface area contributed by atoms with Crippen LogP contribution < -0.4 is 10.5 Å². The molecule has 1 aliphatic rings. The highest BCUT2D eigenvalue weighted by atomic mass is 32.2. The van der Waals surface area contributed by atoms with Gasteiger partial charge in [-0.2, -0.15) is 12.7 Å². The SMILES string of the molecule is Cc1csc(CCNS(=O)(=O)N2CCCCC2CN)n1. The molecule has 3 N–H and O–H groups in total. The first-order chi connectivity index (χ1) is 9.53. The highest BCUT2D eigenvalue weighted by Gasteiger charge is 2.30. The van der Waals surface area contributed by atoms with E-state index in [0.717, 1.165) is 30.0 Å². The first-order valence-corrected chi connectivity index (χ1v) is 9.22. The number of thiazole rings is 1. The number of aryl methyl sites for hydroxylation is 1. The van der Waals surface area contributed by atoms with Gasteiger partial charge in [0, 0.05) is 43.2 Å². The highest BCUT2D eigenvalue weighted by molar-refractivity contribution is 7.87. The van der Waals surface area contributed by atoms with Crippen molar-refractivity contribution in [2.75, 3.05) is 19.6 Å². The molecule has 0 spiro atoms. The largest absolute Gasteiger partial charge is 0.329 e. The van der Waals surface area contributed by atoms with Gasteiger partial charge >= 0.3 is 0 Å². The number of nitrogens with one attached hydrogen (secondary N) is 1. The number of nitrogens with zero attached hydrogens (tertiary/aromatic N) is 2. The van der Waals surface area contributed by atoms with E-state index in [1.165, 1.54) is 4.31 Å². The van der Waals surface area contributed by atoms with Crippen molar-refractivity contribution in [3.8, 4) is 0 Å². The third kappa shape index (κ3) is 3.98. The van der Waals surface area contributed by atoms with Crippen molar-refractivity contribution in [1.82, 2.24) is 14.0 Å². The minimum Gasteiger partial charge on any atom is -0.329 e. The molecule has 8 heteroatoms. The fourth-order valence-corrected chi connectivity index (χ4v) is 4.67. The maximum atomic E-state index is 12.3. The van der Waals surface area contributed by atoms with Crippen molar-refractivity contribution in [2.45, 2.75) is 38.6 Å². The Kier molecular flexibility index (Phi) is 5.50. The van der Waals surface area contributed by atoms with Crippen LogP contribution in [0.2, 0.25) is 0 Å². The molecule has 0 aromatic carbocycles. The lowest BCUT2D eigenvalue weighted by Gasteiger charge is -2.33. The van der Waals surface area contributed by atoms with Crippen LogP contribution >= 0.6 is 11.3 Å². The van der Waals surface area contributed by atoms with Crippen LogP contribution in [0.4, 0.5) is 0 Å². The number of piperidine rings is 1. The third-order valence-corrected chi connectivity index (χ3v) is 6.14. The molecule has 1 aromatic rings. The van der Waals surface area contributed by atoms with Crippen LogP contribution in [-0.2, 0) is 16.6 Å². The van der Waals surface area contributed by atoms with Crippen molar-refractivity contribution in [3.05, 3.63) is 16.1 Å². The Morgan fingerprint density at radius 2 is 2.35 bits per heavy atom. The maximum Gasteiger partial charge on any atom is 0.279 e. The van der Waals surface area contributed by atoms with Gasteiger partial charge in [0.05, 0.1) is 5.01 Å². The summed E-state index contributed by atoms with van der Waals surface area (Å²) in [6.07, 6.45) is 3.43. The molecule has 20 heavy (non-hydrogen) atoms. The Morgan fingerprint density at radius 3 is 3.00 bits per heavy atom. The van der Waals surface area contributed by atoms with Gasteiger partial charge in [-0.15, -0.1) is 11.3 Å². The Hall–Kier alpha value is -0.540. The van der Waals surface area contributed by atoms with E-state index in [-0.39, 0.29) is 6.04 Å². The van der Waals surface area contributed by atoms with Gasteiger partial charge in [0.15, 0.2) is 0 Å². The number of rotatable bonds is 6. The summed E-state index contributed by atoms with van der Waals surface area (Å²) in [6.45, 7) is 3.26. The summed E-state index contributed by atoms with van der Waals surface area (Å²) >= 11 is 1.56. The summed E-state index contributed by atoms with van der Waals surface area (Å²) in [4.78, 5) is 4.32. The maximum absolute atomic E-state index is 12.3. The first kappa shape index (κ1) is 15.8. The molecule has 1 saturated heterocycles. The molecule has 2 heterocycles. The lowest BCUT2D eigenvalue weighted by atomic mass is 10.1.